The molecule has 1 aromatic rings. The van der Waals surface area contributed by atoms with Gasteiger partial charge in [0, 0.05) is 12.5 Å². The van der Waals surface area contributed by atoms with Crippen molar-refractivity contribution in [2.75, 3.05) is 6.61 Å². The summed E-state index contributed by atoms with van der Waals surface area (Å²) in [5.74, 6) is 0.0509. The lowest BCUT2D eigenvalue weighted by Crippen LogP contribution is -2.14. The van der Waals surface area contributed by atoms with Gasteiger partial charge in [0.1, 0.15) is 5.75 Å². The molecule has 1 aromatic carbocycles. The zero-order valence-corrected chi connectivity index (χ0v) is 11.2. The van der Waals surface area contributed by atoms with Gasteiger partial charge in [0.25, 0.3) is 0 Å². The first-order chi connectivity index (χ1) is 8.45. The molecule has 0 aliphatic heterocycles. The molecule has 0 saturated carbocycles. The van der Waals surface area contributed by atoms with E-state index in [4.69, 9.17) is 15.6 Å². The van der Waals surface area contributed by atoms with Gasteiger partial charge >= 0.3 is 5.97 Å². The molecule has 1 rings (SSSR count). The maximum atomic E-state index is 10.6. The minimum atomic E-state index is -0.814. The number of hydrogen-bond donors (Lipinski definition) is 2. The van der Waals surface area contributed by atoms with Gasteiger partial charge in [0.2, 0.25) is 0 Å². The first-order valence-corrected chi connectivity index (χ1v) is 6.17. The second-order valence-corrected chi connectivity index (χ2v) is 4.45. The Morgan fingerprint density at radius 1 is 1.39 bits per heavy atom. The van der Waals surface area contributed by atoms with Crippen molar-refractivity contribution in [2.24, 2.45) is 5.73 Å². The molecule has 0 amide bonds. The smallest absolute Gasteiger partial charge is 0.303 e. The molecule has 0 aliphatic carbocycles. The fourth-order valence-corrected chi connectivity index (χ4v) is 1.96. The van der Waals surface area contributed by atoms with Crippen LogP contribution in [0.25, 0.3) is 0 Å². The zero-order valence-electron chi connectivity index (χ0n) is 11.2. The van der Waals surface area contributed by atoms with Gasteiger partial charge in [-0.15, -0.1) is 0 Å². The first kappa shape index (κ1) is 14.5. The van der Waals surface area contributed by atoms with Crippen molar-refractivity contribution in [2.45, 2.75) is 39.7 Å². The number of rotatable bonds is 6. The highest BCUT2D eigenvalue weighted by Crippen LogP contribution is 2.27. The molecule has 0 bridgehead atoms. The fourth-order valence-electron chi connectivity index (χ4n) is 1.96. The van der Waals surface area contributed by atoms with Gasteiger partial charge in [-0.2, -0.15) is 0 Å². The number of benzene rings is 1. The molecule has 1 atom stereocenters. The van der Waals surface area contributed by atoms with E-state index in [0.29, 0.717) is 13.0 Å². The third-order valence-electron chi connectivity index (χ3n) is 2.93. The number of carboxylic acid groups (broad SMARTS) is 1. The van der Waals surface area contributed by atoms with Crippen molar-refractivity contribution in [3.8, 4) is 5.75 Å². The van der Waals surface area contributed by atoms with Crippen molar-refractivity contribution in [3.63, 3.8) is 0 Å². The van der Waals surface area contributed by atoms with E-state index in [0.717, 1.165) is 22.4 Å². The van der Waals surface area contributed by atoms with E-state index in [1.807, 2.05) is 32.9 Å². The highest BCUT2D eigenvalue weighted by molar-refractivity contribution is 5.66. The van der Waals surface area contributed by atoms with E-state index in [2.05, 4.69) is 0 Å². The summed E-state index contributed by atoms with van der Waals surface area (Å²) >= 11 is 0. The van der Waals surface area contributed by atoms with E-state index in [-0.39, 0.29) is 12.5 Å². The predicted molar refractivity (Wildman–Crippen MR) is 70.9 cm³/mol. The lowest BCUT2D eigenvalue weighted by Gasteiger charge is -2.17. The molecule has 1 unspecified atom stereocenters. The summed E-state index contributed by atoms with van der Waals surface area (Å²) in [5, 5.41) is 8.67. The van der Waals surface area contributed by atoms with Gasteiger partial charge in [-0.25, -0.2) is 0 Å². The minimum absolute atomic E-state index is 0.0901. The number of nitrogens with two attached hydrogens (primary N) is 1. The molecule has 0 spiro atoms. The molecular weight excluding hydrogens is 230 g/mol. The molecule has 4 heteroatoms. The summed E-state index contributed by atoms with van der Waals surface area (Å²) in [6.45, 7) is 6.52. The summed E-state index contributed by atoms with van der Waals surface area (Å²) < 4.78 is 5.52. The second kappa shape index (κ2) is 6.40. The predicted octanol–water partition coefficient (Wildman–Crippen LogP) is 2.57. The van der Waals surface area contributed by atoms with E-state index in [1.165, 1.54) is 0 Å². The average Bonchev–Trinajstić information content (AvgIpc) is 2.30. The Hall–Kier alpha value is -1.55. The van der Waals surface area contributed by atoms with Crippen LogP contribution in [0.5, 0.6) is 5.75 Å². The molecule has 0 fully saturated rings. The van der Waals surface area contributed by atoms with Gasteiger partial charge in [-0.05, 0) is 49.9 Å². The molecule has 0 saturated heterocycles. The third-order valence-corrected chi connectivity index (χ3v) is 2.93. The number of ether oxygens (including phenoxy) is 1. The monoisotopic (exact) mass is 251 g/mol. The zero-order chi connectivity index (χ0) is 13.7. The Labute approximate surface area is 108 Å². The minimum Gasteiger partial charge on any atom is -0.494 e. The number of carboxylic acids is 1. The molecule has 4 nitrogen and oxygen atoms in total. The number of carbonyl (C=O) groups is 1. The van der Waals surface area contributed by atoms with Gasteiger partial charge in [0.05, 0.1) is 6.61 Å². The Morgan fingerprint density at radius 2 is 2.06 bits per heavy atom. The second-order valence-electron chi connectivity index (χ2n) is 4.45. The van der Waals surface area contributed by atoms with Crippen LogP contribution in [-0.4, -0.2) is 17.7 Å². The van der Waals surface area contributed by atoms with E-state index >= 15 is 0 Å². The van der Waals surface area contributed by atoms with E-state index < -0.39 is 5.97 Å². The summed E-state index contributed by atoms with van der Waals surface area (Å²) in [7, 11) is 0. The lowest BCUT2D eigenvalue weighted by atomic mass is 9.96. The maximum absolute atomic E-state index is 10.6. The topological polar surface area (TPSA) is 72.5 Å². The Kier molecular flexibility index (Phi) is 5.16. The van der Waals surface area contributed by atoms with Crippen LogP contribution >= 0.6 is 0 Å². The average molecular weight is 251 g/mol. The Balaban J connectivity index is 2.89. The third kappa shape index (κ3) is 3.74. The van der Waals surface area contributed by atoms with Crippen LogP contribution in [-0.2, 0) is 4.79 Å². The fraction of sp³-hybridized carbons (Fsp3) is 0.500. The van der Waals surface area contributed by atoms with Crippen molar-refractivity contribution in [1.29, 1.82) is 0 Å². The molecule has 0 radical (unpaired) electrons. The van der Waals surface area contributed by atoms with Crippen LogP contribution in [0.1, 0.15) is 42.5 Å². The Morgan fingerprint density at radius 3 is 2.61 bits per heavy atom. The molecule has 3 N–H and O–H groups in total. The largest absolute Gasteiger partial charge is 0.494 e. The standard InChI is InChI=1S/C14H21NO3/c1-4-18-13-8-9(2)11(7-10(13)3)12(15)5-6-14(16)17/h7-8,12H,4-6,15H2,1-3H3,(H,16,17). The molecule has 100 valence electrons. The quantitative estimate of drug-likeness (QED) is 0.815. The van der Waals surface area contributed by atoms with E-state index in [9.17, 15) is 4.79 Å². The van der Waals surface area contributed by atoms with Gasteiger partial charge < -0.3 is 15.6 Å². The van der Waals surface area contributed by atoms with Crippen LogP contribution in [0, 0.1) is 13.8 Å². The van der Waals surface area contributed by atoms with Crippen molar-refractivity contribution >= 4 is 5.97 Å². The number of aliphatic carboxylic acids is 1. The molecule has 0 heterocycles. The molecule has 0 aromatic heterocycles. The first-order valence-electron chi connectivity index (χ1n) is 6.17. The van der Waals surface area contributed by atoms with Crippen LogP contribution in [0.15, 0.2) is 12.1 Å². The summed E-state index contributed by atoms with van der Waals surface area (Å²) in [6.07, 6.45) is 0.538. The van der Waals surface area contributed by atoms with Crippen molar-refractivity contribution in [1.82, 2.24) is 0 Å². The summed E-state index contributed by atoms with van der Waals surface area (Å²) in [4.78, 5) is 10.6. The van der Waals surface area contributed by atoms with Gasteiger partial charge in [-0.3, -0.25) is 4.79 Å². The van der Waals surface area contributed by atoms with Crippen LogP contribution in [0.3, 0.4) is 0 Å². The van der Waals surface area contributed by atoms with Crippen molar-refractivity contribution in [3.05, 3.63) is 28.8 Å². The van der Waals surface area contributed by atoms with Crippen LogP contribution in [0.2, 0.25) is 0 Å². The Bertz CT molecular complexity index is 429. The lowest BCUT2D eigenvalue weighted by molar-refractivity contribution is -0.137. The molecule has 0 aliphatic rings. The molecular formula is C14H21NO3. The normalized spacial score (nSPS) is 12.2. The van der Waals surface area contributed by atoms with Gasteiger partial charge in [0.15, 0.2) is 0 Å². The maximum Gasteiger partial charge on any atom is 0.303 e. The van der Waals surface area contributed by atoms with Crippen LogP contribution in [0.4, 0.5) is 0 Å². The highest BCUT2D eigenvalue weighted by Gasteiger charge is 2.13. The summed E-state index contributed by atoms with van der Waals surface area (Å²) in [6, 6.07) is 3.72. The van der Waals surface area contributed by atoms with Crippen molar-refractivity contribution < 1.29 is 14.6 Å². The molecule has 18 heavy (non-hydrogen) atoms. The number of hydrogen-bond acceptors (Lipinski definition) is 3. The highest BCUT2D eigenvalue weighted by atomic mass is 16.5. The van der Waals surface area contributed by atoms with Crippen LogP contribution < -0.4 is 10.5 Å². The van der Waals surface area contributed by atoms with Gasteiger partial charge in [-0.1, -0.05) is 6.07 Å². The number of aryl methyl sites for hydroxylation is 2. The SMILES string of the molecule is CCOc1cc(C)c(C(N)CCC(=O)O)cc1C. The van der Waals surface area contributed by atoms with E-state index in [1.54, 1.807) is 0 Å². The summed E-state index contributed by atoms with van der Waals surface area (Å²) in [5.41, 5.74) is 9.10.